The van der Waals surface area contributed by atoms with E-state index >= 15 is 0 Å². The third-order valence-electron chi connectivity index (χ3n) is 6.45. The molecule has 6 nitrogen and oxygen atoms in total. The van der Waals surface area contributed by atoms with Crippen LogP contribution in [0.5, 0.6) is 0 Å². The summed E-state index contributed by atoms with van der Waals surface area (Å²) in [6.45, 7) is 7.58. The van der Waals surface area contributed by atoms with Crippen LogP contribution in [0.1, 0.15) is 51.5 Å². The van der Waals surface area contributed by atoms with E-state index in [0.717, 1.165) is 44.5 Å². The van der Waals surface area contributed by atoms with Gasteiger partial charge in [-0.2, -0.15) is 13.2 Å². The van der Waals surface area contributed by atoms with Crippen LogP contribution in [0.25, 0.3) is 0 Å². The molecule has 32 heavy (non-hydrogen) atoms. The van der Waals surface area contributed by atoms with Crippen LogP contribution < -0.4 is 10.2 Å². The quantitative estimate of drug-likeness (QED) is 0.695. The van der Waals surface area contributed by atoms with Gasteiger partial charge in [0.25, 0.3) is 0 Å². The van der Waals surface area contributed by atoms with Gasteiger partial charge >= 0.3 is 12.2 Å². The summed E-state index contributed by atoms with van der Waals surface area (Å²) in [6, 6.07) is 3.56. The first-order valence-electron chi connectivity index (χ1n) is 11.6. The highest BCUT2D eigenvalue weighted by molar-refractivity contribution is 5.96. The standard InChI is InChI=1S/C23H33F3N4O2/c1-3-28(4-2)22(32)30-14-10-17(11-15-30)21(31)27-19-16-18(23(24,25)26)8-9-20(19)29-12-6-5-7-13-29/h8-9,16-17H,3-7,10-15H2,1-2H3,(H,27,31). The van der Waals surface area contributed by atoms with Crippen molar-refractivity contribution in [1.82, 2.24) is 9.80 Å². The molecule has 3 amide bonds. The number of likely N-dealkylation sites (tertiary alicyclic amines) is 1. The third-order valence-corrected chi connectivity index (χ3v) is 6.45. The van der Waals surface area contributed by atoms with Crippen LogP contribution in [0.2, 0.25) is 0 Å². The smallest absolute Gasteiger partial charge is 0.370 e. The molecule has 0 saturated carbocycles. The molecule has 1 aromatic rings. The molecular weight excluding hydrogens is 421 g/mol. The lowest BCUT2D eigenvalue weighted by molar-refractivity contribution is -0.137. The number of carbonyl (C=O) groups excluding carboxylic acids is 2. The Morgan fingerprint density at radius 2 is 1.66 bits per heavy atom. The molecule has 2 aliphatic rings. The Kier molecular flexibility index (Phi) is 7.90. The van der Waals surface area contributed by atoms with Crippen LogP contribution in [-0.2, 0) is 11.0 Å². The van der Waals surface area contributed by atoms with Crippen molar-refractivity contribution in [3.63, 3.8) is 0 Å². The predicted octanol–water partition coefficient (Wildman–Crippen LogP) is 4.81. The van der Waals surface area contributed by atoms with Crippen molar-refractivity contribution >= 4 is 23.3 Å². The van der Waals surface area contributed by atoms with E-state index < -0.39 is 11.7 Å². The molecule has 0 aromatic heterocycles. The van der Waals surface area contributed by atoms with Gasteiger partial charge in [-0.15, -0.1) is 0 Å². The fraction of sp³-hybridized carbons (Fsp3) is 0.652. The molecule has 2 aliphatic heterocycles. The van der Waals surface area contributed by atoms with E-state index in [0.29, 0.717) is 44.7 Å². The largest absolute Gasteiger partial charge is 0.416 e. The zero-order valence-corrected chi connectivity index (χ0v) is 18.9. The van der Waals surface area contributed by atoms with E-state index in [1.807, 2.05) is 18.7 Å². The summed E-state index contributed by atoms with van der Waals surface area (Å²) in [7, 11) is 0. The number of carbonyl (C=O) groups is 2. The van der Waals surface area contributed by atoms with E-state index in [1.165, 1.54) is 6.07 Å². The maximum Gasteiger partial charge on any atom is 0.416 e. The molecule has 0 aliphatic carbocycles. The van der Waals surface area contributed by atoms with E-state index in [-0.39, 0.29) is 23.5 Å². The minimum absolute atomic E-state index is 0.0286. The molecule has 0 atom stereocenters. The van der Waals surface area contributed by atoms with Crippen LogP contribution in [0.3, 0.4) is 0 Å². The number of alkyl halides is 3. The number of halogens is 3. The molecule has 2 saturated heterocycles. The Bertz CT molecular complexity index is 797. The van der Waals surface area contributed by atoms with Gasteiger partial charge in [0.05, 0.1) is 16.9 Å². The van der Waals surface area contributed by atoms with Crippen molar-refractivity contribution in [3.8, 4) is 0 Å². The molecule has 9 heteroatoms. The number of nitrogens with zero attached hydrogens (tertiary/aromatic N) is 3. The fourth-order valence-corrected chi connectivity index (χ4v) is 4.48. The maximum atomic E-state index is 13.3. The molecule has 0 unspecified atom stereocenters. The summed E-state index contributed by atoms with van der Waals surface area (Å²) in [4.78, 5) is 31.0. The highest BCUT2D eigenvalue weighted by Gasteiger charge is 2.33. The maximum absolute atomic E-state index is 13.3. The normalized spacial score (nSPS) is 17.9. The summed E-state index contributed by atoms with van der Waals surface area (Å²) in [6.07, 6.45) is -0.422. The van der Waals surface area contributed by atoms with Crippen LogP contribution in [-0.4, -0.2) is 61.0 Å². The molecule has 0 bridgehead atoms. The zero-order chi connectivity index (χ0) is 23.3. The number of piperidine rings is 2. The Balaban J connectivity index is 1.70. The van der Waals surface area contributed by atoms with E-state index in [4.69, 9.17) is 0 Å². The molecule has 0 radical (unpaired) electrons. The second-order valence-electron chi connectivity index (χ2n) is 8.48. The number of benzene rings is 1. The Morgan fingerprint density at radius 3 is 2.22 bits per heavy atom. The molecular formula is C23H33F3N4O2. The minimum Gasteiger partial charge on any atom is -0.370 e. The van der Waals surface area contributed by atoms with Gasteiger partial charge in [0.2, 0.25) is 5.91 Å². The Morgan fingerprint density at radius 1 is 1.03 bits per heavy atom. The van der Waals surface area contributed by atoms with Crippen molar-refractivity contribution < 1.29 is 22.8 Å². The van der Waals surface area contributed by atoms with Crippen LogP contribution in [0, 0.1) is 5.92 Å². The first-order valence-corrected chi connectivity index (χ1v) is 11.6. The van der Waals surface area contributed by atoms with Crippen molar-refractivity contribution in [2.24, 2.45) is 5.92 Å². The lowest BCUT2D eigenvalue weighted by atomic mass is 9.95. The SMILES string of the molecule is CCN(CC)C(=O)N1CCC(C(=O)Nc2cc(C(F)(F)F)ccc2N2CCCCC2)CC1. The zero-order valence-electron chi connectivity index (χ0n) is 18.9. The summed E-state index contributed by atoms with van der Waals surface area (Å²) in [5.41, 5.74) is 0.0850. The summed E-state index contributed by atoms with van der Waals surface area (Å²) >= 11 is 0. The average Bonchev–Trinajstić information content (AvgIpc) is 2.80. The number of hydrogen-bond donors (Lipinski definition) is 1. The molecule has 178 valence electrons. The van der Waals surface area contributed by atoms with E-state index in [2.05, 4.69) is 5.32 Å². The van der Waals surface area contributed by atoms with Crippen molar-refractivity contribution in [2.75, 3.05) is 49.5 Å². The van der Waals surface area contributed by atoms with Gasteiger partial charge < -0.3 is 20.0 Å². The van der Waals surface area contributed by atoms with Gasteiger partial charge in [0.15, 0.2) is 0 Å². The first kappa shape index (κ1) is 24.2. The van der Waals surface area contributed by atoms with Gasteiger partial charge in [-0.3, -0.25) is 4.79 Å². The highest BCUT2D eigenvalue weighted by Crippen LogP contribution is 2.37. The van der Waals surface area contributed by atoms with E-state index in [9.17, 15) is 22.8 Å². The molecule has 0 spiro atoms. The topological polar surface area (TPSA) is 55.9 Å². The molecule has 1 N–H and O–H groups in total. The number of hydrogen-bond acceptors (Lipinski definition) is 3. The van der Waals surface area contributed by atoms with Crippen molar-refractivity contribution in [2.45, 2.75) is 52.1 Å². The van der Waals surface area contributed by atoms with Gasteiger partial charge in [-0.25, -0.2) is 4.79 Å². The van der Waals surface area contributed by atoms with Crippen LogP contribution in [0.4, 0.5) is 29.3 Å². The number of rotatable bonds is 5. The molecule has 2 heterocycles. The monoisotopic (exact) mass is 454 g/mol. The first-order chi connectivity index (χ1) is 15.2. The molecule has 1 aromatic carbocycles. The second-order valence-corrected chi connectivity index (χ2v) is 8.48. The van der Waals surface area contributed by atoms with Crippen LogP contribution >= 0.6 is 0 Å². The predicted molar refractivity (Wildman–Crippen MR) is 119 cm³/mol. The van der Waals surface area contributed by atoms with Gasteiger partial charge in [0, 0.05) is 45.2 Å². The summed E-state index contributed by atoms with van der Waals surface area (Å²) in [5.74, 6) is -0.614. The minimum atomic E-state index is -4.48. The summed E-state index contributed by atoms with van der Waals surface area (Å²) in [5, 5.41) is 2.78. The number of anilines is 2. The second kappa shape index (κ2) is 10.4. The Hall–Kier alpha value is -2.45. The number of amides is 3. The average molecular weight is 455 g/mol. The van der Waals surface area contributed by atoms with E-state index in [1.54, 1.807) is 9.80 Å². The molecule has 3 rings (SSSR count). The van der Waals surface area contributed by atoms with Gasteiger partial charge in [-0.05, 0) is 64.2 Å². The fourth-order valence-electron chi connectivity index (χ4n) is 4.48. The van der Waals surface area contributed by atoms with Gasteiger partial charge in [-0.1, -0.05) is 0 Å². The van der Waals surface area contributed by atoms with Crippen molar-refractivity contribution in [3.05, 3.63) is 23.8 Å². The molecule has 2 fully saturated rings. The summed E-state index contributed by atoms with van der Waals surface area (Å²) < 4.78 is 39.9. The Labute approximate surface area is 187 Å². The lowest BCUT2D eigenvalue weighted by Crippen LogP contribution is -2.47. The van der Waals surface area contributed by atoms with Gasteiger partial charge in [0.1, 0.15) is 0 Å². The van der Waals surface area contributed by atoms with Crippen LogP contribution in [0.15, 0.2) is 18.2 Å². The lowest BCUT2D eigenvalue weighted by Gasteiger charge is -2.35. The number of nitrogens with one attached hydrogen (secondary N) is 1. The highest BCUT2D eigenvalue weighted by atomic mass is 19.4. The third kappa shape index (κ3) is 5.66. The number of urea groups is 1. The van der Waals surface area contributed by atoms with Crippen molar-refractivity contribution in [1.29, 1.82) is 0 Å².